The van der Waals surface area contributed by atoms with Gasteiger partial charge in [-0.15, -0.1) is 0 Å². The van der Waals surface area contributed by atoms with Crippen LogP contribution in [0.2, 0.25) is 5.02 Å². The third-order valence-corrected chi connectivity index (χ3v) is 5.70. The van der Waals surface area contributed by atoms with E-state index in [2.05, 4.69) is 15.2 Å². The van der Waals surface area contributed by atoms with Crippen LogP contribution in [0.1, 0.15) is 0 Å². The topological polar surface area (TPSA) is 79.7 Å². The number of anilines is 1. The van der Waals surface area contributed by atoms with Crippen molar-refractivity contribution < 1.29 is 9.53 Å². The minimum atomic E-state index is -0.120. The lowest BCUT2D eigenvalue weighted by Crippen LogP contribution is -2.50. The Kier molecular flexibility index (Phi) is 6.39. The number of aromatic nitrogens is 2. The number of rotatable bonds is 5. The molecule has 0 bridgehead atoms. The molecule has 1 fully saturated rings. The Hall–Kier alpha value is -3.10. The summed E-state index contributed by atoms with van der Waals surface area (Å²) in [6, 6.07) is 12.0. The molecule has 31 heavy (non-hydrogen) atoms. The summed E-state index contributed by atoms with van der Waals surface area (Å²) in [5.74, 6) is 0.618. The van der Waals surface area contributed by atoms with Gasteiger partial charge in [0.2, 0.25) is 0 Å². The molecule has 0 spiro atoms. The van der Waals surface area contributed by atoms with Crippen LogP contribution in [0.5, 0.6) is 5.75 Å². The molecule has 3 heterocycles. The molecule has 0 atom stereocenters. The van der Waals surface area contributed by atoms with Crippen LogP contribution < -0.4 is 15.6 Å². The highest BCUT2D eigenvalue weighted by molar-refractivity contribution is 6.30. The van der Waals surface area contributed by atoms with Crippen molar-refractivity contribution in [3.05, 3.63) is 64.0 Å². The van der Waals surface area contributed by atoms with Gasteiger partial charge < -0.3 is 19.5 Å². The fourth-order valence-corrected chi connectivity index (χ4v) is 3.77. The molecule has 1 saturated heterocycles. The maximum Gasteiger partial charge on any atom is 0.321 e. The number of carbonyl (C=O) groups excluding carboxylic acids is 1. The zero-order valence-corrected chi connectivity index (χ0v) is 18.0. The Morgan fingerprint density at radius 2 is 1.84 bits per heavy atom. The Morgan fingerprint density at radius 1 is 1.10 bits per heavy atom. The molecule has 4 rings (SSSR count). The summed E-state index contributed by atoms with van der Waals surface area (Å²) in [4.78, 5) is 33.3. The monoisotopic (exact) mass is 441 g/mol. The van der Waals surface area contributed by atoms with Crippen molar-refractivity contribution in [3.63, 3.8) is 0 Å². The van der Waals surface area contributed by atoms with E-state index in [-0.39, 0.29) is 11.6 Å². The molecule has 8 nitrogen and oxygen atoms in total. The molecule has 162 valence electrons. The average molecular weight is 442 g/mol. The lowest BCUT2D eigenvalue weighted by Gasteiger charge is -2.34. The summed E-state index contributed by atoms with van der Waals surface area (Å²) in [5.41, 5.74) is 2.16. The van der Waals surface area contributed by atoms with Gasteiger partial charge in [0.05, 0.1) is 24.3 Å². The van der Waals surface area contributed by atoms with Gasteiger partial charge in [-0.3, -0.25) is 14.7 Å². The molecule has 2 aromatic heterocycles. The van der Waals surface area contributed by atoms with Gasteiger partial charge in [-0.2, -0.15) is 0 Å². The summed E-state index contributed by atoms with van der Waals surface area (Å²) in [7, 11) is 1.58. The first kappa shape index (κ1) is 21.1. The molecule has 1 aliphatic rings. The second-order valence-corrected chi connectivity index (χ2v) is 7.80. The van der Waals surface area contributed by atoms with Gasteiger partial charge in [-0.1, -0.05) is 11.6 Å². The standard InChI is InChI=1S/C22H24ClN5O3/c1-31-18-14-20-19(24-15-18)6-7-21(29)28(20)13-10-26-8-11-27(12-9-26)22(30)25-17-4-2-16(23)3-5-17/h2-7,14-15H,8-13H2,1H3,(H,25,30). The summed E-state index contributed by atoms with van der Waals surface area (Å²) >= 11 is 5.88. The third-order valence-electron chi connectivity index (χ3n) is 5.44. The molecule has 9 heteroatoms. The van der Waals surface area contributed by atoms with Gasteiger partial charge in [-0.05, 0) is 30.3 Å². The highest BCUT2D eigenvalue weighted by Crippen LogP contribution is 2.17. The van der Waals surface area contributed by atoms with Crippen LogP contribution in [0.3, 0.4) is 0 Å². The summed E-state index contributed by atoms with van der Waals surface area (Å²) in [6.07, 6.45) is 1.64. The number of urea groups is 1. The van der Waals surface area contributed by atoms with Gasteiger partial charge in [0.15, 0.2) is 0 Å². The van der Waals surface area contributed by atoms with E-state index in [1.165, 1.54) is 0 Å². The van der Waals surface area contributed by atoms with E-state index >= 15 is 0 Å². The normalized spacial score (nSPS) is 14.6. The average Bonchev–Trinajstić information content (AvgIpc) is 2.80. The first-order valence-electron chi connectivity index (χ1n) is 10.1. The number of hydrogen-bond acceptors (Lipinski definition) is 5. The molecule has 0 aliphatic carbocycles. The summed E-state index contributed by atoms with van der Waals surface area (Å²) in [5, 5.41) is 3.53. The van der Waals surface area contributed by atoms with Crippen molar-refractivity contribution in [2.24, 2.45) is 0 Å². The number of amides is 2. The van der Waals surface area contributed by atoms with Gasteiger partial charge in [0, 0.05) is 62.1 Å². The van der Waals surface area contributed by atoms with Gasteiger partial charge in [0.1, 0.15) is 5.75 Å². The number of benzene rings is 1. The van der Waals surface area contributed by atoms with Crippen molar-refractivity contribution in [1.82, 2.24) is 19.4 Å². The maximum absolute atomic E-state index is 12.5. The molecule has 0 unspecified atom stereocenters. The number of nitrogens with one attached hydrogen (secondary N) is 1. The number of ether oxygens (including phenoxy) is 1. The number of nitrogens with zero attached hydrogens (tertiary/aromatic N) is 4. The van der Waals surface area contributed by atoms with Crippen LogP contribution in [0.25, 0.3) is 11.0 Å². The van der Waals surface area contributed by atoms with Gasteiger partial charge in [0.25, 0.3) is 5.56 Å². The second-order valence-electron chi connectivity index (χ2n) is 7.37. The Morgan fingerprint density at radius 3 is 2.55 bits per heavy atom. The fraction of sp³-hybridized carbons (Fsp3) is 0.318. The predicted molar refractivity (Wildman–Crippen MR) is 121 cm³/mol. The lowest BCUT2D eigenvalue weighted by molar-refractivity contribution is 0.144. The van der Waals surface area contributed by atoms with Gasteiger partial charge in [-0.25, -0.2) is 4.79 Å². The van der Waals surface area contributed by atoms with Crippen LogP contribution in [0.4, 0.5) is 10.5 Å². The third kappa shape index (κ3) is 4.98. The molecule has 2 amide bonds. The van der Waals surface area contributed by atoms with E-state index in [1.807, 2.05) is 6.07 Å². The molecule has 1 aromatic carbocycles. The first-order valence-corrected chi connectivity index (χ1v) is 10.5. The van der Waals surface area contributed by atoms with Crippen molar-refractivity contribution in [3.8, 4) is 5.75 Å². The number of piperazine rings is 1. The quantitative estimate of drug-likeness (QED) is 0.658. The Bertz CT molecular complexity index is 1120. The van der Waals surface area contributed by atoms with Crippen LogP contribution >= 0.6 is 11.6 Å². The number of halogens is 1. The fourth-order valence-electron chi connectivity index (χ4n) is 3.64. The van der Waals surface area contributed by atoms with Crippen molar-refractivity contribution >= 4 is 34.4 Å². The van der Waals surface area contributed by atoms with E-state index in [0.717, 1.165) is 29.8 Å². The number of methoxy groups -OCH3 is 1. The zero-order chi connectivity index (χ0) is 21.8. The highest BCUT2D eigenvalue weighted by atomic mass is 35.5. The zero-order valence-electron chi connectivity index (χ0n) is 17.3. The number of hydrogen-bond donors (Lipinski definition) is 1. The summed E-state index contributed by atoms with van der Waals surface area (Å²) < 4.78 is 6.98. The molecule has 1 N–H and O–H groups in total. The predicted octanol–water partition coefficient (Wildman–Crippen LogP) is 2.91. The summed E-state index contributed by atoms with van der Waals surface area (Å²) in [6.45, 7) is 3.99. The molecule has 0 radical (unpaired) electrons. The van der Waals surface area contributed by atoms with Crippen molar-refractivity contribution in [2.45, 2.75) is 6.54 Å². The number of pyridine rings is 2. The largest absolute Gasteiger partial charge is 0.495 e. The Balaban J connectivity index is 1.34. The number of fused-ring (bicyclic) bond motifs is 1. The van der Waals surface area contributed by atoms with Crippen molar-refractivity contribution in [2.75, 3.05) is 45.2 Å². The van der Waals surface area contributed by atoms with E-state index in [1.54, 1.807) is 59.2 Å². The highest BCUT2D eigenvalue weighted by Gasteiger charge is 2.21. The van der Waals surface area contributed by atoms with E-state index < -0.39 is 0 Å². The van der Waals surface area contributed by atoms with Crippen LogP contribution in [0.15, 0.2) is 53.5 Å². The van der Waals surface area contributed by atoms with Crippen LogP contribution in [-0.4, -0.2) is 65.2 Å². The molecule has 3 aromatic rings. The molecule has 0 saturated carbocycles. The van der Waals surface area contributed by atoms with Crippen molar-refractivity contribution in [1.29, 1.82) is 0 Å². The SMILES string of the molecule is COc1cnc2ccc(=O)n(CCN3CCN(C(=O)Nc4ccc(Cl)cc4)CC3)c2c1. The lowest BCUT2D eigenvalue weighted by atomic mass is 10.3. The maximum atomic E-state index is 12.5. The first-order chi connectivity index (χ1) is 15.0. The second kappa shape index (κ2) is 9.36. The van der Waals surface area contributed by atoms with Crippen LogP contribution in [-0.2, 0) is 6.54 Å². The van der Waals surface area contributed by atoms with E-state index in [0.29, 0.717) is 37.0 Å². The molecular formula is C22H24ClN5O3. The van der Waals surface area contributed by atoms with Crippen LogP contribution in [0, 0.1) is 0 Å². The number of carbonyl (C=O) groups is 1. The molecular weight excluding hydrogens is 418 g/mol. The minimum absolute atomic E-state index is 0.0662. The minimum Gasteiger partial charge on any atom is -0.495 e. The van der Waals surface area contributed by atoms with E-state index in [9.17, 15) is 9.59 Å². The van der Waals surface area contributed by atoms with Gasteiger partial charge >= 0.3 is 6.03 Å². The smallest absolute Gasteiger partial charge is 0.321 e. The molecule has 1 aliphatic heterocycles. The van der Waals surface area contributed by atoms with E-state index in [4.69, 9.17) is 16.3 Å². The Labute approximate surface area is 185 Å².